The third kappa shape index (κ3) is 3.05. The number of hydrogen-bond donors (Lipinski definition) is 1. The molecule has 2 atom stereocenters. The Morgan fingerprint density at radius 2 is 1.65 bits per heavy atom. The van der Waals surface area contributed by atoms with Crippen LogP contribution in [0, 0.1) is 10.8 Å². The molecule has 0 radical (unpaired) electrons. The molecule has 1 aliphatic heterocycles. The topological polar surface area (TPSA) is 38.5 Å². The van der Waals surface area contributed by atoms with Crippen LogP contribution in [-0.2, 0) is 4.74 Å². The van der Waals surface area contributed by atoms with Crippen molar-refractivity contribution in [2.24, 2.45) is 16.6 Å². The van der Waals surface area contributed by atoms with E-state index in [0.29, 0.717) is 23.0 Å². The van der Waals surface area contributed by atoms with E-state index in [0.717, 1.165) is 19.6 Å². The van der Waals surface area contributed by atoms with Gasteiger partial charge in [0.1, 0.15) is 0 Å². The summed E-state index contributed by atoms with van der Waals surface area (Å²) in [7, 11) is 2.28. The quantitative estimate of drug-likeness (QED) is 0.864. The molecule has 2 rings (SSSR count). The number of likely N-dealkylation sites (N-methyl/N-ethyl adjacent to an activating group) is 1. The molecular weight excluding hydrogens is 248 g/mol. The predicted molar refractivity (Wildman–Crippen MR) is 84.8 cm³/mol. The number of nitrogens with two attached hydrogens (primary N) is 1. The van der Waals surface area contributed by atoms with Gasteiger partial charge in [0.2, 0.25) is 0 Å². The average Bonchev–Trinajstić information content (AvgIpc) is 2.70. The van der Waals surface area contributed by atoms with Crippen molar-refractivity contribution in [3.8, 4) is 0 Å². The summed E-state index contributed by atoms with van der Waals surface area (Å²) in [6, 6.07) is 0.517. The lowest BCUT2D eigenvalue weighted by molar-refractivity contribution is -0.0604. The molecule has 0 spiro atoms. The Morgan fingerprint density at radius 1 is 1.10 bits per heavy atom. The standard InChI is InChI=1S/C17H34N2O/c1-13-14(7-8-20-13)19(6)17(12-18)10-15(2,3)9-16(4,5)11-17/h13-14H,7-12,18H2,1-6H3. The van der Waals surface area contributed by atoms with Crippen molar-refractivity contribution in [1.29, 1.82) is 0 Å². The van der Waals surface area contributed by atoms with E-state index in [2.05, 4.69) is 46.6 Å². The summed E-state index contributed by atoms with van der Waals surface area (Å²) in [5.74, 6) is 0. The number of ether oxygens (including phenoxy) is 1. The van der Waals surface area contributed by atoms with Gasteiger partial charge in [-0.3, -0.25) is 4.90 Å². The van der Waals surface area contributed by atoms with E-state index in [1.54, 1.807) is 0 Å². The smallest absolute Gasteiger partial charge is 0.0703 e. The van der Waals surface area contributed by atoms with Crippen LogP contribution in [0.4, 0.5) is 0 Å². The molecule has 2 N–H and O–H groups in total. The van der Waals surface area contributed by atoms with Gasteiger partial charge in [0.25, 0.3) is 0 Å². The molecule has 0 aromatic carbocycles. The number of hydrogen-bond acceptors (Lipinski definition) is 3. The Kier molecular flexibility index (Phi) is 4.27. The van der Waals surface area contributed by atoms with Crippen LogP contribution in [0.15, 0.2) is 0 Å². The van der Waals surface area contributed by atoms with Gasteiger partial charge in [0.15, 0.2) is 0 Å². The van der Waals surface area contributed by atoms with Gasteiger partial charge in [0.05, 0.1) is 6.10 Å². The summed E-state index contributed by atoms with van der Waals surface area (Å²) >= 11 is 0. The SMILES string of the molecule is CC1OCCC1N(C)C1(CN)CC(C)(C)CC(C)(C)C1. The van der Waals surface area contributed by atoms with Crippen molar-refractivity contribution in [1.82, 2.24) is 4.90 Å². The molecule has 118 valence electrons. The lowest BCUT2D eigenvalue weighted by atomic mass is 9.57. The van der Waals surface area contributed by atoms with E-state index in [1.165, 1.54) is 19.3 Å². The van der Waals surface area contributed by atoms with E-state index >= 15 is 0 Å². The van der Waals surface area contributed by atoms with Crippen LogP contribution in [0.3, 0.4) is 0 Å². The highest BCUT2D eigenvalue weighted by Gasteiger charge is 2.51. The zero-order chi connectivity index (χ0) is 15.2. The second-order valence-corrected chi connectivity index (χ2v) is 8.83. The maximum absolute atomic E-state index is 6.31. The van der Waals surface area contributed by atoms with Crippen LogP contribution >= 0.6 is 0 Å². The Hall–Kier alpha value is -0.120. The first kappa shape index (κ1) is 16.3. The maximum atomic E-state index is 6.31. The van der Waals surface area contributed by atoms with Crippen molar-refractivity contribution >= 4 is 0 Å². The minimum Gasteiger partial charge on any atom is -0.377 e. The molecule has 0 bridgehead atoms. The van der Waals surface area contributed by atoms with Crippen LogP contribution < -0.4 is 5.73 Å². The fourth-order valence-electron chi connectivity index (χ4n) is 5.38. The van der Waals surface area contributed by atoms with Gasteiger partial charge >= 0.3 is 0 Å². The molecule has 1 heterocycles. The Labute approximate surface area is 125 Å². The van der Waals surface area contributed by atoms with Crippen LogP contribution in [0.25, 0.3) is 0 Å². The van der Waals surface area contributed by atoms with Gasteiger partial charge < -0.3 is 10.5 Å². The van der Waals surface area contributed by atoms with Crippen LogP contribution in [0.5, 0.6) is 0 Å². The monoisotopic (exact) mass is 282 g/mol. The van der Waals surface area contributed by atoms with Gasteiger partial charge in [0, 0.05) is 24.7 Å². The second-order valence-electron chi connectivity index (χ2n) is 8.83. The van der Waals surface area contributed by atoms with Crippen molar-refractivity contribution < 1.29 is 4.74 Å². The molecule has 0 amide bonds. The minimum atomic E-state index is 0.123. The van der Waals surface area contributed by atoms with E-state index in [-0.39, 0.29) is 5.54 Å². The second kappa shape index (κ2) is 5.26. The van der Waals surface area contributed by atoms with Gasteiger partial charge in [-0.1, -0.05) is 27.7 Å². The molecule has 1 aliphatic carbocycles. The fraction of sp³-hybridized carbons (Fsp3) is 1.00. The van der Waals surface area contributed by atoms with E-state index < -0.39 is 0 Å². The normalized spacial score (nSPS) is 35.4. The highest BCUT2D eigenvalue weighted by atomic mass is 16.5. The Bertz CT molecular complexity index is 335. The largest absolute Gasteiger partial charge is 0.377 e. The molecule has 1 saturated heterocycles. The lowest BCUT2D eigenvalue weighted by Crippen LogP contribution is -2.63. The summed E-state index contributed by atoms with van der Waals surface area (Å²) in [6.07, 6.45) is 5.14. The zero-order valence-electron chi connectivity index (χ0n) is 14.3. The summed E-state index contributed by atoms with van der Waals surface area (Å²) in [4.78, 5) is 2.58. The molecule has 0 aromatic heterocycles. The van der Waals surface area contributed by atoms with Gasteiger partial charge in [-0.05, 0) is 50.5 Å². The van der Waals surface area contributed by atoms with Crippen molar-refractivity contribution in [2.75, 3.05) is 20.2 Å². The van der Waals surface area contributed by atoms with Crippen LogP contribution in [-0.4, -0.2) is 42.8 Å². The highest BCUT2D eigenvalue weighted by Crippen LogP contribution is 2.52. The zero-order valence-corrected chi connectivity index (χ0v) is 14.3. The van der Waals surface area contributed by atoms with Gasteiger partial charge in [-0.15, -0.1) is 0 Å². The first-order valence-corrected chi connectivity index (χ1v) is 8.16. The van der Waals surface area contributed by atoms with E-state index in [4.69, 9.17) is 10.5 Å². The third-order valence-corrected chi connectivity index (χ3v) is 5.53. The number of rotatable bonds is 3. The third-order valence-electron chi connectivity index (χ3n) is 5.53. The van der Waals surface area contributed by atoms with E-state index in [1.807, 2.05) is 0 Å². The fourth-order valence-corrected chi connectivity index (χ4v) is 5.38. The summed E-state index contributed by atoms with van der Waals surface area (Å²) < 4.78 is 5.79. The molecule has 3 heteroatoms. The van der Waals surface area contributed by atoms with E-state index in [9.17, 15) is 0 Å². The molecule has 1 saturated carbocycles. The van der Waals surface area contributed by atoms with Crippen molar-refractivity contribution in [2.45, 2.75) is 78.0 Å². The molecular formula is C17H34N2O. The van der Waals surface area contributed by atoms with Crippen LogP contribution in [0.1, 0.15) is 60.3 Å². The summed E-state index contributed by atoms with van der Waals surface area (Å²) in [6.45, 7) is 13.5. The molecule has 0 aromatic rings. The molecule has 2 fully saturated rings. The average molecular weight is 282 g/mol. The van der Waals surface area contributed by atoms with Gasteiger partial charge in [-0.25, -0.2) is 0 Å². The van der Waals surface area contributed by atoms with Gasteiger partial charge in [-0.2, -0.15) is 0 Å². The highest BCUT2D eigenvalue weighted by molar-refractivity contribution is 5.06. The van der Waals surface area contributed by atoms with Crippen LogP contribution in [0.2, 0.25) is 0 Å². The lowest BCUT2D eigenvalue weighted by Gasteiger charge is -2.57. The first-order valence-electron chi connectivity index (χ1n) is 8.16. The molecule has 20 heavy (non-hydrogen) atoms. The summed E-state index contributed by atoms with van der Waals surface area (Å²) in [5.41, 5.74) is 7.15. The van der Waals surface area contributed by atoms with Crippen molar-refractivity contribution in [3.63, 3.8) is 0 Å². The van der Waals surface area contributed by atoms with Crippen molar-refractivity contribution in [3.05, 3.63) is 0 Å². The predicted octanol–water partition coefficient (Wildman–Crippen LogP) is 3.03. The summed E-state index contributed by atoms with van der Waals surface area (Å²) in [5, 5.41) is 0. The molecule has 2 unspecified atom stereocenters. The molecule has 2 aliphatic rings. The molecule has 3 nitrogen and oxygen atoms in total. The minimum absolute atomic E-state index is 0.123. The Morgan fingerprint density at radius 3 is 2.05 bits per heavy atom. The number of nitrogens with zero attached hydrogens (tertiary/aromatic N) is 1. The Balaban J connectivity index is 2.27. The first-order chi connectivity index (χ1) is 9.11. The maximum Gasteiger partial charge on any atom is 0.0703 e.